The van der Waals surface area contributed by atoms with Crippen LogP contribution in [0.4, 0.5) is 0 Å². The van der Waals surface area contributed by atoms with Gasteiger partial charge in [-0.25, -0.2) is 0 Å². The van der Waals surface area contributed by atoms with Gasteiger partial charge in [0.05, 0.1) is 0 Å². The normalized spacial score (nSPS) is 14.1. The van der Waals surface area contributed by atoms with Crippen LogP contribution in [0.2, 0.25) is 0 Å². The van der Waals surface area contributed by atoms with Crippen molar-refractivity contribution in [3.8, 4) is 0 Å². The molecule has 1 aromatic carbocycles. The second-order valence-corrected chi connectivity index (χ2v) is 4.80. The van der Waals surface area contributed by atoms with Crippen LogP contribution in [-0.2, 0) is 6.42 Å². The van der Waals surface area contributed by atoms with E-state index >= 15 is 0 Å². The summed E-state index contributed by atoms with van der Waals surface area (Å²) in [5.74, 6) is 0.0775. The Kier molecular flexibility index (Phi) is 4.84. The summed E-state index contributed by atoms with van der Waals surface area (Å²) in [5.41, 5.74) is 1.94. The van der Waals surface area contributed by atoms with E-state index < -0.39 is 0 Å². The van der Waals surface area contributed by atoms with Crippen molar-refractivity contribution in [2.24, 2.45) is 0 Å². The number of carbonyl (C=O) groups excluding carboxylic acids is 1. The summed E-state index contributed by atoms with van der Waals surface area (Å²) in [6.45, 7) is 4.77. The van der Waals surface area contributed by atoms with Gasteiger partial charge in [-0.05, 0) is 0 Å². The van der Waals surface area contributed by atoms with Crippen LogP contribution in [0.25, 0.3) is 0 Å². The Hall–Kier alpha value is -0.311. The van der Waals surface area contributed by atoms with Gasteiger partial charge >= 0.3 is 93.5 Å². The molecule has 2 nitrogen and oxygen atoms in total. The molecule has 0 aliphatic carbocycles. The maximum absolute atomic E-state index is 11.6. The van der Waals surface area contributed by atoms with Crippen LogP contribution in [0.15, 0.2) is 22.7 Å². The van der Waals surface area contributed by atoms with E-state index in [9.17, 15) is 4.79 Å². The summed E-state index contributed by atoms with van der Waals surface area (Å²) in [6.07, 6.45) is 0.924. The number of amides is 1. The number of benzene rings is 1. The standard InChI is InChI=1S/C9H7BrNOSe.C2H6/c10-7-1-2-8-6(5-7)3-4-11(13)9(8)12;1-2/h1-2,5H,3-4H2;1-2H3. The first kappa shape index (κ1) is 12.8. The van der Waals surface area contributed by atoms with Crippen LogP contribution in [0.1, 0.15) is 29.8 Å². The van der Waals surface area contributed by atoms with Gasteiger partial charge < -0.3 is 0 Å². The Balaban J connectivity index is 0.000000531. The van der Waals surface area contributed by atoms with E-state index in [2.05, 4.69) is 32.2 Å². The molecule has 1 aliphatic heterocycles. The van der Waals surface area contributed by atoms with Crippen molar-refractivity contribution < 1.29 is 4.79 Å². The molecule has 1 radical (unpaired) electrons. The molecule has 0 saturated heterocycles. The van der Waals surface area contributed by atoms with Crippen LogP contribution in [0.5, 0.6) is 0 Å². The van der Waals surface area contributed by atoms with Crippen LogP contribution < -0.4 is 0 Å². The zero-order valence-electron chi connectivity index (χ0n) is 8.79. The monoisotopic (exact) mass is 334 g/mol. The van der Waals surface area contributed by atoms with Gasteiger partial charge in [0.15, 0.2) is 0 Å². The average Bonchev–Trinajstić information content (AvgIpc) is 2.26. The molecule has 15 heavy (non-hydrogen) atoms. The number of fused-ring (bicyclic) bond motifs is 1. The molecular formula is C11H13BrNOSe. The number of nitrogens with zero attached hydrogens (tertiary/aromatic N) is 1. The predicted octanol–water partition coefficient (Wildman–Crippen LogP) is 2.56. The van der Waals surface area contributed by atoms with E-state index in [-0.39, 0.29) is 5.91 Å². The number of halogens is 1. The molecule has 0 fully saturated rings. The molecule has 4 heteroatoms. The topological polar surface area (TPSA) is 20.3 Å². The molecule has 0 aromatic heterocycles. The third-order valence-corrected chi connectivity index (χ3v) is 3.33. The minimum absolute atomic E-state index is 0.0775. The van der Waals surface area contributed by atoms with Crippen LogP contribution in [0.3, 0.4) is 0 Å². The van der Waals surface area contributed by atoms with E-state index in [4.69, 9.17) is 0 Å². The first-order valence-corrected chi connectivity index (χ1v) is 6.52. The first-order chi connectivity index (χ1) is 7.18. The summed E-state index contributed by atoms with van der Waals surface area (Å²) in [6, 6.07) is 5.78. The molecule has 2 rings (SSSR count). The fourth-order valence-electron chi connectivity index (χ4n) is 1.44. The molecule has 1 heterocycles. The molecule has 0 N–H and O–H groups in total. The Morgan fingerprint density at radius 2 is 2.07 bits per heavy atom. The van der Waals surface area contributed by atoms with Gasteiger partial charge in [-0.1, -0.05) is 13.8 Å². The Labute approximate surface area is 107 Å². The number of hydrogen-bond acceptors (Lipinski definition) is 1. The Morgan fingerprint density at radius 3 is 2.73 bits per heavy atom. The number of rotatable bonds is 0. The SMILES string of the molecule is CC.O=C1c2ccc(Br)cc2CCN1[Se]. The molecule has 0 unspecified atom stereocenters. The van der Waals surface area contributed by atoms with Gasteiger partial charge in [0.1, 0.15) is 0 Å². The van der Waals surface area contributed by atoms with Crippen molar-refractivity contribution in [1.29, 1.82) is 0 Å². The van der Waals surface area contributed by atoms with Crippen LogP contribution >= 0.6 is 15.9 Å². The van der Waals surface area contributed by atoms with E-state index in [0.717, 1.165) is 28.6 Å². The van der Waals surface area contributed by atoms with Crippen molar-refractivity contribution in [1.82, 2.24) is 3.92 Å². The Bertz CT molecular complexity index is 368. The maximum atomic E-state index is 11.6. The molecule has 1 amide bonds. The van der Waals surface area contributed by atoms with Crippen molar-refractivity contribution >= 4 is 38.1 Å². The second kappa shape index (κ2) is 5.69. The molecular weight excluding hydrogens is 321 g/mol. The van der Waals surface area contributed by atoms with Gasteiger partial charge in [0.2, 0.25) is 0 Å². The fourth-order valence-corrected chi connectivity index (χ4v) is 2.24. The molecule has 0 bridgehead atoms. The summed E-state index contributed by atoms with van der Waals surface area (Å²) < 4.78 is 2.67. The minimum atomic E-state index is 0.0775. The third kappa shape index (κ3) is 2.83. The van der Waals surface area contributed by atoms with Crippen LogP contribution in [-0.4, -0.2) is 32.6 Å². The molecule has 0 spiro atoms. The molecule has 1 aromatic rings. The quantitative estimate of drug-likeness (QED) is 0.668. The summed E-state index contributed by atoms with van der Waals surface area (Å²) in [4.78, 5) is 11.6. The van der Waals surface area contributed by atoms with E-state index in [0.29, 0.717) is 0 Å². The molecule has 81 valence electrons. The van der Waals surface area contributed by atoms with Crippen molar-refractivity contribution in [3.05, 3.63) is 33.8 Å². The van der Waals surface area contributed by atoms with Crippen LogP contribution in [0, 0.1) is 0 Å². The summed E-state index contributed by atoms with van der Waals surface area (Å²) in [5, 5.41) is 0. The second-order valence-electron chi connectivity index (χ2n) is 2.96. The summed E-state index contributed by atoms with van der Waals surface area (Å²) in [7, 11) is 0. The fraction of sp³-hybridized carbons (Fsp3) is 0.364. The van der Waals surface area contributed by atoms with Gasteiger partial charge in [0, 0.05) is 0 Å². The molecule has 0 saturated carbocycles. The Morgan fingerprint density at radius 1 is 1.40 bits per heavy atom. The predicted molar refractivity (Wildman–Crippen MR) is 66.0 cm³/mol. The third-order valence-electron chi connectivity index (χ3n) is 2.11. The molecule has 1 aliphatic rings. The van der Waals surface area contributed by atoms with Gasteiger partial charge in [-0.2, -0.15) is 0 Å². The van der Waals surface area contributed by atoms with E-state index in [1.165, 1.54) is 0 Å². The van der Waals surface area contributed by atoms with E-state index in [1.54, 1.807) is 3.92 Å². The van der Waals surface area contributed by atoms with Crippen molar-refractivity contribution in [3.63, 3.8) is 0 Å². The number of carbonyl (C=O) groups is 1. The zero-order chi connectivity index (χ0) is 11.4. The van der Waals surface area contributed by atoms with Crippen molar-refractivity contribution in [2.75, 3.05) is 6.54 Å². The average molecular weight is 334 g/mol. The van der Waals surface area contributed by atoms with Gasteiger partial charge in [-0.15, -0.1) is 0 Å². The van der Waals surface area contributed by atoms with Crippen molar-refractivity contribution in [2.45, 2.75) is 20.3 Å². The number of hydrogen-bond donors (Lipinski definition) is 0. The zero-order valence-corrected chi connectivity index (χ0v) is 12.1. The van der Waals surface area contributed by atoms with E-state index in [1.807, 2.05) is 32.0 Å². The molecule has 0 atom stereocenters. The van der Waals surface area contributed by atoms with Gasteiger partial charge in [0.25, 0.3) is 0 Å². The van der Waals surface area contributed by atoms with Gasteiger partial charge in [-0.3, -0.25) is 0 Å². The first-order valence-electron chi connectivity index (χ1n) is 4.96. The summed E-state index contributed by atoms with van der Waals surface area (Å²) >= 11 is 6.15.